The van der Waals surface area contributed by atoms with Gasteiger partial charge in [-0.3, -0.25) is 9.78 Å². The van der Waals surface area contributed by atoms with Crippen molar-refractivity contribution in [3.8, 4) is 0 Å². The number of hydrogen-bond acceptors (Lipinski definition) is 6. The molecular weight excluding hydrogens is 477 g/mol. The lowest BCUT2D eigenvalue weighted by Gasteiger charge is -2.34. The summed E-state index contributed by atoms with van der Waals surface area (Å²) in [4.78, 5) is 26.9. The number of rotatable bonds is 3. The zero-order valence-electron chi connectivity index (χ0n) is 17.9. The number of amides is 1. The molecule has 1 N–H and O–H groups in total. The highest BCUT2D eigenvalue weighted by Gasteiger charge is 2.25. The topological polar surface area (TPSA) is 60.8 Å². The van der Waals surface area contributed by atoms with Gasteiger partial charge in [-0.1, -0.05) is 35.3 Å². The number of amidine groups is 1. The molecule has 5 rings (SSSR count). The summed E-state index contributed by atoms with van der Waals surface area (Å²) in [5.41, 5.74) is 3.49. The predicted octanol–water partition coefficient (Wildman–Crippen LogP) is 5.19. The molecule has 2 aliphatic rings. The number of nitrogens with zero attached hydrogens (tertiary/aromatic N) is 4. The van der Waals surface area contributed by atoms with Crippen LogP contribution in [0.3, 0.4) is 0 Å². The van der Waals surface area contributed by atoms with E-state index in [0.717, 1.165) is 42.6 Å². The number of likely N-dealkylation sites (N-methyl/N-ethyl adjacent to an activating group) is 1. The molecular formula is C24H21Cl2N5OS. The molecule has 0 unspecified atom stereocenters. The largest absolute Gasteiger partial charge is 0.368 e. The zero-order valence-corrected chi connectivity index (χ0v) is 20.2. The number of hydrogen-bond donors (Lipinski definition) is 1. The van der Waals surface area contributed by atoms with Crippen molar-refractivity contribution in [2.24, 2.45) is 4.99 Å². The Hall–Kier alpha value is -2.58. The fourth-order valence-electron chi connectivity index (χ4n) is 3.89. The Morgan fingerprint density at radius 3 is 2.61 bits per heavy atom. The fraction of sp³-hybridized carbons (Fsp3) is 0.208. The van der Waals surface area contributed by atoms with Gasteiger partial charge in [0.25, 0.3) is 5.91 Å². The molecule has 0 radical (unpaired) electrons. The standard InChI is InChI=1S/C24H21Cl2N5OS/c1-30-9-11-31(12-10-30)20-7-8-27-19-6-5-15(13-16(19)20)14-21-23(32)29-24(33-21)28-22-17(25)3-2-4-18(22)26/h2-8,13-14H,9-12H2,1H3,(H,28,29,32). The molecule has 2 aliphatic heterocycles. The number of piperazine rings is 1. The molecule has 0 saturated carbocycles. The number of benzene rings is 2. The zero-order chi connectivity index (χ0) is 22.9. The van der Waals surface area contributed by atoms with Gasteiger partial charge in [0.2, 0.25) is 0 Å². The number of aliphatic imine (C=N–C) groups is 1. The van der Waals surface area contributed by atoms with E-state index >= 15 is 0 Å². The lowest BCUT2D eigenvalue weighted by molar-refractivity contribution is -0.115. The summed E-state index contributed by atoms with van der Waals surface area (Å²) in [6.45, 7) is 4.01. The lowest BCUT2D eigenvalue weighted by Crippen LogP contribution is -2.44. The minimum atomic E-state index is -0.201. The second-order valence-corrected chi connectivity index (χ2v) is 9.79. The van der Waals surface area contributed by atoms with E-state index in [1.807, 2.05) is 24.4 Å². The van der Waals surface area contributed by atoms with Gasteiger partial charge in [0.1, 0.15) is 5.69 Å². The second-order valence-electron chi connectivity index (χ2n) is 7.95. The third kappa shape index (κ3) is 4.73. The molecule has 1 amide bonds. The molecule has 2 aromatic carbocycles. The molecule has 3 aromatic rings. The Bertz CT molecular complexity index is 1280. The van der Waals surface area contributed by atoms with E-state index in [4.69, 9.17) is 23.2 Å². The van der Waals surface area contributed by atoms with E-state index < -0.39 is 0 Å². The Balaban J connectivity index is 1.45. The number of carbonyl (C=O) groups excluding carboxylic acids is 1. The number of halogens is 2. The molecule has 6 nitrogen and oxygen atoms in total. The van der Waals surface area contributed by atoms with Crippen LogP contribution in [0.15, 0.2) is 58.6 Å². The highest BCUT2D eigenvalue weighted by atomic mass is 35.5. The van der Waals surface area contributed by atoms with Gasteiger partial charge in [-0.25, -0.2) is 4.99 Å². The molecule has 3 heterocycles. The maximum atomic E-state index is 12.6. The normalized spacial score (nSPS) is 19.6. The van der Waals surface area contributed by atoms with E-state index in [-0.39, 0.29) is 5.91 Å². The van der Waals surface area contributed by atoms with E-state index in [1.165, 1.54) is 17.4 Å². The van der Waals surface area contributed by atoms with Crippen LogP contribution in [0.2, 0.25) is 10.0 Å². The molecule has 0 aliphatic carbocycles. The van der Waals surface area contributed by atoms with Crippen LogP contribution in [-0.2, 0) is 4.79 Å². The molecule has 1 aromatic heterocycles. The minimum absolute atomic E-state index is 0.201. The van der Waals surface area contributed by atoms with E-state index in [9.17, 15) is 4.79 Å². The van der Waals surface area contributed by atoms with Gasteiger partial charge < -0.3 is 15.1 Å². The molecule has 0 atom stereocenters. The average Bonchev–Trinajstić information content (AvgIpc) is 3.15. The number of aromatic nitrogens is 1. The summed E-state index contributed by atoms with van der Waals surface area (Å²) < 4.78 is 0. The average molecular weight is 498 g/mol. The summed E-state index contributed by atoms with van der Waals surface area (Å²) in [6, 6.07) is 13.3. The van der Waals surface area contributed by atoms with Gasteiger partial charge in [0, 0.05) is 43.4 Å². The van der Waals surface area contributed by atoms with Gasteiger partial charge in [0.15, 0.2) is 5.17 Å². The van der Waals surface area contributed by atoms with Crippen molar-refractivity contribution in [2.75, 3.05) is 38.1 Å². The Morgan fingerprint density at radius 1 is 1.09 bits per heavy atom. The van der Waals surface area contributed by atoms with Crippen LogP contribution in [-0.4, -0.2) is 54.2 Å². The van der Waals surface area contributed by atoms with Crippen LogP contribution in [0, 0.1) is 0 Å². The Labute approximate surface area is 206 Å². The number of anilines is 1. The summed E-state index contributed by atoms with van der Waals surface area (Å²) in [6.07, 6.45) is 3.73. The van der Waals surface area contributed by atoms with Gasteiger partial charge in [0.05, 0.1) is 20.5 Å². The minimum Gasteiger partial charge on any atom is -0.368 e. The van der Waals surface area contributed by atoms with Gasteiger partial charge in [-0.05, 0) is 60.8 Å². The Kier molecular flexibility index (Phi) is 6.29. The van der Waals surface area contributed by atoms with Crippen molar-refractivity contribution < 1.29 is 4.79 Å². The van der Waals surface area contributed by atoms with Crippen LogP contribution in [0.5, 0.6) is 0 Å². The molecule has 33 heavy (non-hydrogen) atoms. The van der Waals surface area contributed by atoms with E-state index in [0.29, 0.717) is 25.8 Å². The monoisotopic (exact) mass is 497 g/mol. The SMILES string of the molecule is CN1CCN(c2ccnc3ccc(C=C4SC(=Nc5c(Cl)cccc5Cl)NC4=O)cc23)CC1. The molecule has 0 spiro atoms. The van der Waals surface area contributed by atoms with E-state index in [2.05, 4.69) is 44.3 Å². The smallest absolute Gasteiger partial charge is 0.264 e. The summed E-state index contributed by atoms with van der Waals surface area (Å²) in [5.74, 6) is -0.201. The third-order valence-electron chi connectivity index (χ3n) is 5.69. The van der Waals surface area contributed by atoms with Crippen LogP contribution in [0.1, 0.15) is 5.56 Å². The maximum Gasteiger partial charge on any atom is 0.264 e. The second kappa shape index (κ2) is 9.35. The van der Waals surface area contributed by atoms with E-state index in [1.54, 1.807) is 18.2 Å². The highest BCUT2D eigenvalue weighted by Crippen LogP contribution is 2.36. The molecule has 0 bridgehead atoms. The van der Waals surface area contributed by atoms with Crippen molar-refractivity contribution in [1.29, 1.82) is 0 Å². The molecule has 2 fully saturated rings. The third-order valence-corrected chi connectivity index (χ3v) is 7.21. The number of thioether (sulfide) groups is 1. The van der Waals surface area contributed by atoms with Crippen molar-refractivity contribution in [3.05, 3.63) is 69.2 Å². The number of para-hydroxylation sites is 1. The quantitative estimate of drug-likeness (QED) is 0.504. The number of carbonyl (C=O) groups is 1. The lowest BCUT2D eigenvalue weighted by atomic mass is 10.1. The first kappa shape index (κ1) is 22.2. The summed E-state index contributed by atoms with van der Waals surface area (Å²) in [7, 11) is 2.15. The first-order valence-corrected chi connectivity index (χ1v) is 12.1. The van der Waals surface area contributed by atoms with Crippen LogP contribution in [0.4, 0.5) is 11.4 Å². The number of nitrogens with one attached hydrogen (secondary N) is 1. The van der Waals surface area contributed by atoms with Gasteiger partial charge >= 0.3 is 0 Å². The summed E-state index contributed by atoms with van der Waals surface area (Å²) >= 11 is 13.7. The van der Waals surface area contributed by atoms with Crippen LogP contribution >= 0.6 is 35.0 Å². The van der Waals surface area contributed by atoms with Gasteiger partial charge in [-0.15, -0.1) is 0 Å². The fourth-order valence-corrected chi connectivity index (χ4v) is 5.20. The van der Waals surface area contributed by atoms with Gasteiger partial charge in [-0.2, -0.15) is 0 Å². The maximum absolute atomic E-state index is 12.6. The first-order valence-electron chi connectivity index (χ1n) is 10.5. The highest BCUT2D eigenvalue weighted by molar-refractivity contribution is 8.18. The van der Waals surface area contributed by atoms with Crippen molar-refractivity contribution in [3.63, 3.8) is 0 Å². The first-order chi connectivity index (χ1) is 16.0. The van der Waals surface area contributed by atoms with Crippen molar-refractivity contribution in [2.45, 2.75) is 0 Å². The van der Waals surface area contributed by atoms with Crippen molar-refractivity contribution in [1.82, 2.24) is 15.2 Å². The van der Waals surface area contributed by atoms with Crippen LogP contribution < -0.4 is 10.2 Å². The molecule has 9 heteroatoms. The molecule has 2 saturated heterocycles. The van der Waals surface area contributed by atoms with Crippen molar-refractivity contribution >= 4 is 74.4 Å². The Morgan fingerprint density at radius 2 is 1.85 bits per heavy atom. The summed E-state index contributed by atoms with van der Waals surface area (Å²) in [5, 5.41) is 5.18. The number of pyridine rings is 1. The van der Waals surface area contributed by atoms with Crippen LogP contribution in [0.25, 0.3) is 17.0 Å². The predicted molar refractivity (Wildman–Crippen MR) is 139 cm³/mol. The molecule has 168 valence electrons. The number of fused-ring (bicyclic) bond motifs is 1.